The lowest BCUT2D eigenvalue weighted by molar-refractivity contribution is 0.411. The number of phenols is 1. The van der Waals surface area contributed by atoms with Crippen molar-refractivity contribution in [3.8, 4) is 11.5 Å². The molecule has 1 aliphatic heterocycles. The number of halogens is 1. The van der Waals surface area contributed by atoms with Crippen LogP contribution in [0.5, 0.6) is 11.5 Å². The van der Waals surface area contributed by atoms with Gasteiger partial charge in [0.1, 0.15) is 11.5 Å². The van der Waals surface area contributed by atoms with Crippen LogP contribution in [-0.4, -0.2) is 37.8 Å². The lowest BCUT2D eigenvalue weighted by Crippen LogP contribution is -2.38. The summed E-state index contributed by atoms with van der Waals surface area (Å²) in [5, 5.41) is 16.9. The third-order valence-electron chi connectivity index (χ3n) is 5.23. The zero-order valence-corrected chi connectivity index (χ0v) is 20.3. The first-order valence-corrected chi connectivity index (χ1v) is 10.4. The molecule has 7 heteroatoms. The standard InChI is InChI=1S/C23H32N4O2.HI/c1-4-24-23(25-16-19-15-21(29-3)10-11-22(19)28)26-17(2)18-8-7-9-20(14-18)27-12-5-6-13-27;/h7-11,14-15,17,28H,4-6,12-13,16H2,1-3H3,(H2,24,25,26);1H. The van der Waals surface area contributed by atoms with Crippen molar-refractivity contribution in [3.63, 3.8) is 0 Å². The van der Waals surface area contributed by atoms with E-state index < -0.39 is 0 Å². The number of hydrogen-bond acceptors (Lipinski definition) is 4. The monoisotopic (exact) mass is 524 g/mol. The Morgan fingerprint density at radius 2 is 1.97 bits per heavy atom. The van der Waals surface area contributed by atoms with E-state index in [2.05, 4.69) is 51.7 Å². The predicted molar refractivity (Wildman–Crippen MR) is 134 cm³/mol. The molecule has 2 aromatic carbocycles. The van der Waals surface area contributed by atoms with Gasteiger partial charge in [-0.25, -0.2) is 4.99 Å². The summed E-state index contributed by atoms with van der Waals surface area (Å²) in [7, 11) is 1.61. The van der Waals surface area contributed by atoms with Crippen LogP contribution in [0.25, 0.3) is 0 Å². The van der Waals surface area contributed by atoms with Gasteiger partial charge in [-0.15, -0.1) is 24.0 Å². The fraction of sp³-hybridized carbons (Fsp3) is 0.435. The molecule has 3 rings (SSSR count). The van der Waals surface area contributed by atoms with Crippen molar-refractivity contribution in [2.45, 2.75) is 39.3 Å². The summed E-state index contributed by atoms with van der Waals surface area (Å²) in [5.41, 5.74) is 3.24. The second kappa shape index (κ2) is 11.9. The summed E-state index contributed by atoms with van der Waals surface area (Å²) in [6, 6.07) is 14.0. The van der Waals surface area contributed by atoms with E-state index >= 15 is 0 Å². The van der Waals surface area contributed by atoms with Gasteiger partial charge in [0.2, 0.25) is 0 Å². The number of aromatic hydroxyl groups is 1. The molecule has 0 aliphatic carbocycles. The lowest BCUT2D eigenvalue weighted by atomic mass is 10.1. The molecule has 1 unspecified atom stereocenters. The predicted octanol–water partition coefficient (Wildman–Crippen LogP) is 4.44. The highest BCUT2D eigenvalue weighted by atomic mass is 127. The summed E-state index contributed by atoms with van der Waals surface area (Å²) >= 11 is 0. The van der Waals surface area contributed by atoms with Crippen LogP contribution < -0.4 is 20.3 Å². The Labute approximate surface area is 196 Å². The molecular formula is C23H33IN4O2. The second-order valence-corrected chi connectivity index (χ2v) is 7.34. The molecule has 1 saturated heterocycles. The van der Waals surface area contributed by atoms with Gasteiger partial charge in [-0.2, -0.15) is 0 Å². The molecular weight excluding hydrogens is 491 g/mol. The van der Waals surface area contributed by atoms with Gasteiger partial charge in [0, 0.05) is 30.9 Å². The van der Waals surface area contributed by atoms with Crippen LogP contribution in [0, 0.1) is 0 Å². The Balaban J connectivity index is 0.00000320. The molecule has 1 heterocycles. The van der Waals surface area contributed by atoms with E-state index in [4.69, 9.17) is 4.74 Å². The van der Waals surface area contributed by atoms with Crippen LogP contribution in [-0.2, 0) is 6.54 Å². The molecule has 1 aliphatic rings. The third-order valence-corrected chi connectivity index (χ3v) is 5.23. The Morgan fingerprint density at radius 1 is 1.20 bits per heavy atom. The maximum absolute atomic E-state index is 10.1. The van der Waals surface area contributed by atoms with Crippen LogP contribution in [0.3, 0.4) is 0 Å². The molecule has 30 heavy (non-hydrogen) atoms. The molecule has 2 aromatic rings. The van der Waals surface area contributed by atoms with Crippen molar-refractivity contribution in [2.75, 3.05) is 31.6 Å². The number of rotatable bonds is 7. The number of anilines is 1. The zero-order chi connectivity index (χ0) is 20.6. The maximum atomic E-state index is 10.1. The summed E-state index contributed by atoms with van der Waals surface area (Å²) in [5.74, 6) is 1.64. The molecule has 0 amide bonds. The number of aliphatic imine (C=N–C) groups is 1. The fourth-order valence-electron chi connectivity index (χ4n) is 3.55. The van der Waals surface area contributed by atoms with Crippen molar-refractivity contribution in [3.05, 3.63) is 53.6 Å². The minimum Gasteiger partial charge on any atom is -0.508 e. The van der Waals surface area contributed by atoms with Gasteiger partial charge in [-0.1, -0.05) is 12.1 Å². The van der Waals surface area contributed by atoms with Crippen molar-refractivity contribution in [1.29, 1.82) is 0 Å². The van der Waals surface area contributed by atoms with E-state index in [9.17, 15) is 5.11 Å². The second-order valence-electron chi connectivity index (χ2n) is 7.34. The van der Waals surface area contributed by atoms with Crippen molar-refractivity contribution in [2.24, 2.45) is 4.99 Å². The van der Waals surface area contributed by atoms with E-state index in [1.807, 2.05) is 13.0 Å². The van der Waals surface area contributed by atoms with E-state index in [-0.39, 0.29) is 35.8 Å². The first-order valence-electron chi connectivity index (χ1n) is 10.4. The molecule has 6 nitrogen and oxygen atoms in total. The number of methoxy groups -OCH3 is 1. The van der Waals surface area contributed by atoms with Gasteiger partial charge in [-0.3, -0.25) is 0 Å². The van der Waals surface area contributed by atoms with Gasteiger partial charge in [0.05, 0.1) is 19.7 Å². The van der Waals surface area contributed by atoms with Crippen LogP contribution in [0.4, 0.5) is 5.69 Å². The highest BCUT2D eigenvalue weighted by molar-refractivity contribution is 14.0. The Hall–Kier alpha value is -2.16. The minimum atomic E-state index is 0. The van der Waals surface area contributed by atoms with Gasteiger partial charge in [-0.05, 0) is 62.6 Å². The Bertz CT molecular complexity index is 838. The Morgan fingerprint density at radius 3 is 2.67 bits per heavy atom. The lowest BCUT2D eigenvalue weighted by Gasteiger charge is -2.22. The molecule has 0 saturated carbocycles. The highest BCUT2D eigenvalue weighted by Crippen LogP contribution is 2.25. The van der Waals surface area contributed by atoms with Gasteiger partial charge in [0.25, 0.3) is 0 Å². The summed E-state index contributed by atoms with van der Waals surface area (Å²) in [6.45, 7) is 7.58. The number of benzene rings is 2. The number of nitrogens with one attached hydrogen (secondary N) is 2. The van der Waals surface area contributed by atoms with Crippen LogP contribution in [0.15, 0.2) is 47.5 Å². The number of ether oxygens (including phenoxy) is 1. The zero-order valence-electron chi connectivity index (χ0n) is 18.0. The first kappa shape index (κ1) is 24.1. The molecule has 0 aromatic heterocycles. The van der Waals surface area contributed by atoms with Gasteiger partial charge >= 0.3 is 0 Å². The number of guanidine groups is 1. The van der Waals surface area contributed by atoms with Crippen LogP contribution in [0.2, 0.25) is 0 Å². The largest absolute Gasteiger partial charge is 0.508 e. The van der Waals surface area contributed by atoms with Crippen molar-refractivity contribution < 1.29 is 9.84 Å². The number of nitrogens with zero attached hydrogens (tertiary/aromatic N) is 2. The van der Waals surface area contributed by atoms with Crippen molar-refractivity contribution in [1.82, 2.24) is 10.6 Å². The fourth-order valence-corrected chi connectivity index (χ4v) is 3.55. The maximum Gasteiger partial charge on any atom is 0.192 e. The molecule has 0 bridgehead atoms. The minimum absolute atomic E-state index is 0. The number of hydrogen-bond donors (Lipinski definition) is 3. The highest BCUT2D eigenvalue weighted by Gasteiger charge is 2.14. The number of phenolic OH excluding ortho intramolecular Hbond substituents is 1. The molecule has 1 fully saturated rings. The smallest absolute Gasteiger partial charge is 0.192 e. The topological polar surface area (TPSA) is 69.1 Å². The SMILES string of the molecule is CCNC(=NCc1cc(OC)ccc1O)NC(C)c1cccc(N2CCCC2)c1.I. The van der Waals surface area contributed by atoms with E-state index in [0.29, 0.717) is 18.3 Å². The molecule has 0 radical (unpaired) electrons. The average Bonchev–Trinajstić information content (AvgIpc) is 3.28. The summed E-state index contributed by atoms with van der Waals surface area (Å²) in [6.07, 6.45) is 2.54. The summed E-state index contributed by atoms with van der Waals surface area (Å²) in [4.78, 5) is 7.10. The first-order chi connectivity index (χ1) is 14.1. The van der Waals surface area contributed by atoms with E-state index in [1.165, 1.54) is 24.1 Å². The molecule has 164 valence electrons. The average molecular weight is 524 g/mol. The van der Waals surface area contributed by atoms with Crippen molar-refractivity contribution >= 4 is 35.6 Å². The molecule has 3 N–H and O–H groups in total. The Kier molecular flexibility index (Phi) is 9.55. The van der Waals surface area contributed by atoms with Gasteiger partial charge in [0.15, 0.2) is 5.96 Å². The summed E-state index contributed by atoms with van der Waals surface area (Å²) < 4.78 is 5.25. The van der Waals surface area contributed by atoms with Crippen LogP contribution in [0.1, 0.15) is 43.9 Å². The third kappa shape index (κ3) is 6.42. The normalized spacial score (nSPS) is 14.8. The van der Waals surface area contributed by atoms with E-state index in [0.717, 1.165) is 25.2 Å². The van der Waals surface area contributed by atoms with Crippen LogP contribution >= 0.6 is 24.0 Å². The van der Waals surface area contributed by atoms with Gasteiger partial charge < -0.3 is 25.4 Å². The quantitative estimate of drug-likeness (QED) is 0.284. The molecule has 1 atom stereocenters. The molecule has 0 spiro atoms. The van der Waals surface area contributed by atoms with E-state index in [1.54, 1.807) is 19.2 Å².